The van der Waals surface area contributed by atoms with E-state index in [9.17, 15) is 9.59 Å². The molecule has 1 heterocycles. The molecule has 0 fully saturated rings. The molecule has 0 radical (unpaired) electrons. The lowest BCUT2D eigenvalue weighted by molar-refractivity contribution is -0.136. The summed E-state index contributed by atoms with van der Waals surface area (Å²) in [6.45, 7) is 4.43. The first-order chi connectivity index (χ1) is 15.4. The average molecular weight is 436 g/mol. The number of methoxy groups -OCH3 is 1. The molecule has 7 heteroatoms. The number of aliphatic carboxylic acids is 1. The van der Waals surface area contributed by atoms with Crippen molar-refractivity contribution in [1.82, 2.24) is 10.3 Å². The van der Waals surface area contributed by atoms with Gasteiger partial charge in [0.15, 0.2) is 0 Å². The zero-order valence-corrected chi connectivity index (χ0v) is 18.6. The topological polar surface area (TPSA) is 101 Å². The summed E-state index contributed by atoms with van der Waals surface area (Å²) in [4.78, 5) is 27.6. The van der Waals surface area contributed by atoms with Gasteiger partial charge in [0.2, 0.25) is 0 Å². The fourth-order valence-electron chi connectivity index (χ4n) is 3.55. The summed E-state index contributed by atoms with van der Waals surface area (Å²) in [5, 5.41) is 15.9. The number of nitrogens with one attached hydrogen (secondary N) is 2. The van der Waals surface area contributed by atoms with Crippen molar-refractivity contribution in [3.05, 3.63) is 65.7 Å². The average Bonchev–Trinajstić information content (AvgIpc) is 2.77. The molecule has 3 aromatic rings. The number of amides is 1. The van der Waals surface area contributed by atoms with Gasteiger partial charge in [-0.05, 0) is 48.2 Å². The lowest BCUT2D eigenvalue weighted by Crippen LogP contribution is -2.26. The van der Waals surface area contributed by atoms with E-state index in [1.807, 2.05) is 42.5 Å². The highest BCUT2D eigenvalue weighted by atomic mass is 16.5. The van der Waals surface area contributed by atoms with Crippen molar-refractivity contribution in [2.45, 2.75) is 32.7 Å². The van der Waals surface area contributed by atoms with Crippen LogP contribution in [0.25, 0.3) is 10.9 Å². The fourth-order valence-corrected chi connectivity index (χ4v) is 3.55. The second kappa shape index (κ2) is 10.6. The van der Waals surface area contributed by atoms with Crippen LogP contribution in [-0.4, -0.2) is 35.6 Å². The molecular weight excluding hydrogens is 406 g/mol. The quantitative estimate of drug-likeness (QED) is 0.429. The number of para-hydroxylation sites is 1. The molecule has 0 aliphatic heterocycles. The summed E-state index contributed by atoms with van der Waals surface area (Å²) < 4.78 is 5.45. The smallest absolute Gasteiger partial charge is 0.305 e. The van der Waals surface area contributed by atoms with Crippen LogP contribution < -0.4 is 15.4 Å². The molecule has 3 rings (SSSR count). The predicted octanol–water partition coefficient (Wildman–Crippen LogP) is 4.65. The summed E-state index contributed by atoms with van der Waals surface area (Å²) in [5.41, 5.74) is 2.34. The number of aromatic nitrogens is 1. The SMILES string of the molecule is COc1cccc2ccc(N[C@H](CC(C)C)c3ccc(C(=O)NCCC(=O)O)cc3)nc12. The Hall–Kier alpha value is -3.61. The van der Waals surface area contributed by atoms with Gasteiger partial charge in [-0.3, -0.25) is 9.59 Å². The van der Waals surface area contributed by atoms with Crippen LogP contribution in [0.3, 0.4) is 0 Å². The molecule has 1 aromatic heterocycles. The van der Waals surface area contributed by atoms with E-state index in [-0.39, 0.29) is 24.9 Å². The molecule has 7 nitrogen and oxygen atoms in total. The Labute approximate surface area is 187 Å². The standard InChI is InChI=1S/C25H29N3O4/c1-16(2)15-20(17-7-9-19(10-8-17)25(31)26-14-13-23(29)30)27-22-12-11-18-5-4-6-21(32-3)24(18)28-22/h4-12,16,20H,13-15H2,1-3H3,(H,26,31)(H,27,28)(H,29,30)/t20-/m1/s1. The number of pyridine rings is 1. The van der Waals surface area contributed by atoms with E-state index in [1.165, 1.54) is 0 Å². The Balaban J connectivity index is 1.78. The van der Waals surface area contributed by atoms with Crippen molar-refractivity contribution >= 4 is 28.6 Å². The van der Waals surface area contributed by atoms with Gasteiger partial charge < -0.3 is 20.5 Å². The van der Waals surface area contributed by atoms with E-state index in [1.54, 1.807) is 19.2 Å². The van der Waals surface area contributed by atoms with Crippen molar-refractivity contribution in [1.29, 1.82) is 0 Å². The second-order valence-corrected chi connectivity index (χ2v) is 8.08. The van der Waals surface area contributed by atoms with Crippen LogP contribution >= 0.6 is 0 Å². The highest BCUT2D eigenvalue weighted by molar-refractivity contribution is 5.94. The minimum Gasteiger partial charge on any atom is -0.494 e. The van der Waals surface area contributed by atoms with Crippen LogP contribution in [0.1, 0.15) is 48.7 Å². The number of hydrogen-bond acceptors (Lipinski definition) is 5. The third kappa shape index (κ3) is 5.97. The van der Waals surface area contributed by atoms with E-state index in [0.717, 1.165) is 34.5 Å². The summed E-state index contributed by atoms with van der Waals surface area (Å²) in [5.74, 6) is 0.701. The number of carboxylic acid groups (broad SMARTS) is 1. The summed E-state index contributed by atoms with van der Waals surface area (Å²) >= 11 is 0. The van der Waals surface area contributed by atoms with Crippen molar-refractivity contribution in [2.24, 2.45) is 5.92 Å². The first-order valence-electron chi connectivity index (χ1n) is 10.7. The molecule has 0 aliphatic carbocycles. The number of fused-ring (bicyclic) bond motifs is 1. The van der Waals surface area contributed by atoms with E-state index < -0.39 is 5.97 Å². The molecule has 2 aromatic carbocycles. The van der Waals surface area contributed by atoms with Gasteiger partial charge >= 0.3 is 5.97 Å². The van der Waals surface area contributed by atoms with Crippen molar-refractivity contribution in [2.75, 3.05) is 19.0 Å². The molecule has 0 aliphatic rings. The third-order valence-corrected chi connectivity index (χ3v) is 5.13. The number of carbonyl (C=O) groups is 2. The molecule has 0 bridgehead atoms. The maximum atomic E-state index is 12.2. The van der Waals surface area contributed by atoms with Gasteiger partial charge in [0.1, 0.15) is 17.1 Å². The van der Waals surface area contributed by atoms with E-state index in [0.29, 0.717) is 11.5 Å². The molecule has 0 spiro atoms. The van der Waals surface area contributed by atoms with E-state index in [4.69, 9.17) is 14.8 Å². The molecule has 32 heavy (non-hydrogen) atoms. The molecule has 0 unspecified atom stereocenters. The third-order valence-electron chi connectivity index (χ3n) is 5.13. The normalized spacial score (nSPS) is 11.9. The molecule has 0 saturated heterocycles. The summed E-state index contributed by atoms with van der Waals surface area (Å²) in [7, 11) is 1.64. The lowest BCUT2D eigenvalue weighted by atomic mass is 9.96. The number of carboxylic acids is 1. The van der Waals surface area contributed by atoms with Crippen LogP contribution in [-0.2, 0) is 4.79 Å². The lowest BCUT2D eigenvalue weighted by Gasteiger charge is -2.22. The first kappa shape index (κ1) is 23.1. The van der Waals surface area contributed by atoms with Crippen LogP contribution in [0.15, 0.2) is 54.6 Å². The van der Waals surface area contributed by atoms with Crippen molar-refractivity contribution in [3.63, 3.8) is 0 Å². The number of hydrogen-bond donors (Lipinski definition) is 3. The van der Waals surface area contributed by atoms with Crippen LogP contribution in [0.2, 0.25) is 0 Å². The highest BCUT2D eigenvalue weighted by Crippen LogP contribution is 2.29. The number of rotatable bonds is 10. The van der Waals surface area contributed by atoms with Crippen LogP contribution in [0, 0.1) is 5.92 Å². The van der Waals surface area contributed by atoms with Crippen LogP contribution in [0.5, 0.6) is 5.75 Å². The van der Waals surface area contributed by atoms with Gasteiger partial charge in [0.05, 0.1) is 19.6 Å². The summed E-state index contributed by atoms with van der Waals surface area (Å²) in [6, 6.07) is 17.2. The zero-order chi connectivity index (χ0) is 23.1. The number of carbonyl (C=O) groups excluding carboxylic acids is 1. The Kier molecular flexibility index (Phi) is 7.65. The van der Waals surface area contributed by atoms with Crippen molar-refractivity contribution < 1.29 is 19.4 Å². The molecule has 168 valence electrons. The van der Waals surface area contributed by atoms with Gasteiger partial charge in [0, 0.05) is 17.5 Å². The van der Waals surface area contributed by atoms with Gasteiger partial charge in [-0.25, -0.2) is 4.98 Å². The maximum Gasteiger partial charge on any atom is 0.305 e. The molecule has 1 amide bonds. The molecule has 1 atom stereocenters. The van der Waals surface area contributed by atoms with Crippen LogP contribution in [0.4, 0.5) is 5.82 Å². The minimum atomic E-state index is -0.942. The largest absolute Gasteiger partial charge is 0.494 e. The van der Waals surface area contributed by atoms with Gasteiger partial charge in [0.25, 0.3) is 5.91 Å². The van der Waals surface area contributed by atoms with Gasteiger partial charge in [-0.2, -0.15) is 0 Å². The monoisotopic (exact) mass is 435 g/mol. The maximum absolute atomic E-state index is 12.2. The molecule has 0 saturated carbocycles. The Bertz CT molecular complexity index is 1080. The van der Waals surface area contributed by atoms with Gasteiger partial charge in [-0.1, -0.05) is 38.1 Å². The van der Waals surface area contributed by atoms with Crippen molar-refractivity contribution in [3.8, 4) is 5.75 Å². The van der Waals surface area contributed by atoms with E-state index in [2.05, 4.69) is 24.5 Å². The van der Waals surface area contributed by atoms with E-state index >= 15 is 0 Å². The molecule has 3 N–H and O–H groups in total. The number of nitrogens with zero attached hydrogens (tertiary/aromatic N) is 1. The Morgan fingerprint density at radius 1 is 1.06 bits per heavy atom. The first-order valence-corrected chi connectivity index (χ1v) is 10.7. The molecular formula is C25H29N3O4. The highest BCUT2D eigenvalue weighted by Gasteiger charge is 2.16. The fraction of sp³-hybridized carbons (Fsp3) is 0.320. The predicted molar refractivity (Wildman–Crippen MR) is 125 cm³/mol. The summed E-state index contributed by atoms with van der Waals surface area (Å²) in [6.07, 6.45) is 0.781. The Morgan fingerprint density at radius 2 is 1.81 bits per heavy atom. The van der Waals surface area contributed by atoms with Gasteiger partial charge in [-0.15, -0.1) is 0 Å². The number of anilines is 1. The zero-order valence-electron chi connectivity index (χ0n) is 18.6. The second-order valence-electron chi connectivity index (χ2n) is 8.08. The minimum absolute atomic E-state index is 0.0128. The number of ether oxygens (including phenoxy) is 1. The number of benzene rings is 2. The Morgan fingerprint density at radius 3 is 2.47 bits per heavy atom.